The van der Waals surface area contributed by atoms with E-state index in [0.717, 1.165) is 35.0 Å². The minimum Gasteiger partial charge on any atom is -0.493 e. The van der Waals surface area contributed by atoms with Crippen molar-refractivity contribution in [1.29, 1.82) is 0 Å². The van der Waals surface area contributed by atoms with Crippen LogP contribution < -0.4 is 15.4 Å². The standard InChI is InChI=1S/C17H24BrN3O4S/c1-26(23,24)21-7-4-12(5-8-21)11-19-17(22)20-15-6-9-25-16-3-2-13(18)10-14(15)16/h2-3,10,12,15H,4-9,11H2,1H3,(H2,19,20,22). The molecule has 2 amide bonds. The Bertz CT molecular complexity index is 763. The largest absolute Gasteiger partial charge is 0.493 e. The predicted molar refractivity (Wildman–Crippen MR) is 103 cm³/mol. The fraction of sp³-hybridized carbons (Fsp3) is 0.588. The van der Waals surface area contributed by atoms with Crippen LogP contribution in [0.3, 0.4) is 0 Å². The van der Waals surface area contributed by atoms with E-state index in [0.29, 0.717) is 32.2 Å². The van der Waals surface area contributed by atoms with Gasteiger partial charge in [0.15, 0.2) is 0 Å². The molecule has 0 aromatic heterocycles. The van der Waals surface area contributed by atoms with Crippen molar-refractivity contribution in [3.63, 3.8) is 0 Å². The molecule has 1 unspecified atom stereocenters. The van der Waals surface area contributed by atoms with E-state index in [1.54, 1.807) is 0 Å². The number of rotatable bonds is 4. The highest BCUT2D eigenvalue weighted by Crippen LogP contribution is 2.34. The minimum atomic E-state index is -3.11. The molecule has 0 bridgehead atoms. The van der Waals surface area contributed by atoms with Crippen LogP contribution in [0, 0.1) is 5.92 Å². The normalized spacial score (nSPS) is 21.5. The van der Waals surface area contributed by atoms with E-state index in [1.165, 1.54) is 10.6 Å². The summed E-state index contributed by atoms with van der Waals surface area (Å²) >= 11 is 3.46. The molecule has 7 nitrogen and oxygen atoms in total. The first-order valence-electron chi connectivity index (χ1n) is 8.74. The molecule has 1 aromatic rings. The maximum Gasteiger partial charge on any atom is 0.315 e. The number of hydrogen-bond acceptors (Lipinski definition) is 4. The van der Waals surface area contributed by atoms with E-state index in [4.69, 9.17) is 4.74 Å². The fourth-order valence-electron chi connectivity index (χ4n) is 3.41. The Hall–Kier alpha value is -1.32. The van der Waals surface area contributed by atoms with Crippen LogP contribution in [0.1, 0.15) is 30.9 Å². The topological polar surface area (TPSA) is 87.7 Å². The number of sulfonamides is 1. The summed E-state index contributed by atoms with van der Waals surface area (Å²) in [6, 6.07) is 5.52. The van der Waals surface area contributed by atoms with E-state index in [-0.39, 0.29) is 12.1 Å². The number of piperidine rings is 1. The van der Waals surface area contributed by atoms with Gasteiger partial charge in [0.25, 0.3) is 0 Å². The summed E-state index contributed by atoms with van der Waals surface area (Å²) < 4.78 is 31.2. The highest BCUT2D eigenvalue weighted by molar-refractivity contribution is 9.10. The Balaban J connectivity index is 1.48. The van der Waals surface area contributed by atoms with Crippen molar-refractivity contribution < 1.29 is 17.9 Å². The van der Waals surface area contributed by atoms with E-state index >= 15 is 0 Å². The van der Waals surface area contributed by atoms with Gasteiger partial charge in [-0.25, -0.2) is 17.5 Å². The lowest BCUT2D eigenvalue weighted by atomic mass is 9.98. The van der Waals surface area contributed by atoms with Gasteiger partial charge in [0, 0.05) is 36.1 Å². The first-order valence-corrected chi connectivity index (χ1v) is 11.4. The fourth-order valence-corrected chi connectivity index (χ4v) is 4.66. The summed E-state index contributed by atoms with van der Waals surface area (Å²) in [7, 11) is -3.11. The van der Waals surface area contributed by atoms with E-state index in [9.17, 15) is 13.2 Å². The Labute approximate surface area is 162 Å². The summed E-state index contributed by atoms with van der Waals surface area (Å²) in [5, 5.41) is 5.95. The SMILES string of the molecule is CS(=O)(=O)N1CCC(CNC(=O)NC2CCOc3ccc(Br)cc32)CC1. The average molecular weight is 446 g/mol. The van der Waals surface area contributed by atoms with Gasteiger partial charge in [-0.15, -0.1) is 0 Å². The number of halogens is 1. The molecule has 2 aliphatic rings. The molecular formula is C17H24BrN3O4S. The molecule has 144 valence electrons. The number of benzene rings is 1. The van der Waals surface area contributed by atoms with Crippen LogP contribution in [-0.4, -0.2) is 51.3 Å². The lowest BCUT2D eigenvalue weighted by Crippen LogP contribution is -2.44. The maximum atomic E-state index is 12.3. The van der Waals surface area contributed by atoms with Gasteiger partial charge >= 0.3 is 6.03 Å². The van der Waals surface area contributed by atoms with Crippen LogP contribution in [0.25, 0.3) is 0 Å². The minimum absolute atomic E-state index is 0.0802. The van der Waals surface area contributed by atoms with Crippen molar-refractivity contribution in [3.8, 4) is 5.75 Å². The molecular weight excluding hydrogens is 422 g/mol. The predicted octanol–water partition coefficient (Wildman–Crippen LogP) is 2.24. The van der Waals surface area contributed by atoms with Crippen LogP contribution in [-0.2, 0) is 10.0 Å². The first-order chi connectivity index (χ1) is 12.3. The van der Waals surface area contributed by atoms with Crippen molar-refractivity contribution in [2.24, 2.45) is 5.92 Å². The quantitative estimate of drug-likeness (QED) is 0.743. The number of amides is 2. The molecule has 1 atom stereocenters. The zero-order chi connectivity index (χ0) is 18.7. The van der Waals surface area contributed by atoms with Gasteiger partial charge in [-0.2, -0.15) is 0 Å². The molecule has 1 fully saturated rings. The van der Waals surface area contributed by atoms with Crippen LogP contribution in [0.5, 0.6) is 5.75 Å². The molecule has 26 heavy (non-hydrogen) atoms. The van der Waals surface area contributed by atoms with Crippen LogP contribution in [0.15, 0.2) is 22.7 Å². The lowest BCUT2D eigenvalue weighted by Gasteiger charge is -2.31. The maximum absolute atomic E-state index is 12.3. The average Bonchev–Trinajstić information content (AvgIpc) is 2.60. The Morgan fingerprint density at radius 3 is 2.73 bits per heavy atom. The third kappa shape index (κ3) is 4.89. The lowest BCUT2D eigenvalue weighted by molar-refractivity contribution is 0.217. The smallest absolute Gasteiger partial charge is 0.315 e. The van der Waals surface area contributed by atoms with Gasteiger partial charge in [0.2, 0.25) is 10.0 Å². The van der Waals surface area contributed by atoms with Gasteiger partial charge in [0.05, 0.1) is 18.9 Å². The van der Waals surface area contributed by atoms with Gasteiger partial charge in [0.1, 0.15) is 5.75 Å². The summed E-state index contributed by atoms with van der Waals surface area (Å²) in [5.41, 5.74) is 0.974. The first kappa shape index (κ1) is 19.4. The zero-order valence-corrected chi connectivity index (χ0v) is 17.1. The summed E-state index contributed by atoms with van der Waals surface area (Å²) in [4.78, 5) is 12.3. The second kappa shape index (κ2) is 8.14. The highest BCUT2D eigenvalue weighted by atomic mass is 79.9. The van der Waals surface area contributed by atoms with E-state index < -0.39 is 10.0 Å². The second-order valence-corrected chi connectivity index (χ2v) is 9.73. The molecule has 2 aliphatic heterocycles. The van der Waals surface area contributed by atoms with Crippen molar-refractivity contribution in [3.05, 3.63) is 28.2 Å². The molecule has 2 heterocycles. The molecule has 1 aromatic carbocycles. The number of hydrogen-bond donors (Lipinski definition) is 2. The van der Waals surface area contributed by atoms with Gasteiger partial charge in [-0.1, -0.05) is 15.9 Å². The van der Waals surface area contributed by atoms with E-state index in [1.807, 2.05) is 18.2 Å². The van der Waals surface area contributed by atoms with E-state index in [2.05, 4.69) is 26.6 Å². The van der Waals surface area contributed by atoms with Crippen LogP contribution >= 0.6 is 15.9 Å². The van der Waals surface area contributed by atoms with Gasteiger partial charge in [-0.05, 0) is 37.0 Å². The Morgan fingerprint density at radius 1 is 1.31 bits per heavy atom. The molecule has 9 heteroatoms. The van der Waals surface area contributed by atoms with Gasteiger partial charge in [-0.3, -0.25) is 0 Å². The van der Waals surface area contributed by atoms with Crippen LogP contribution in [0.4, 0.5) is 4.79 Å². The second-order valence-electron chi connectivity index (χ2n) is 6.83. The van der Waals surface area contributed by atoms with Crippen LogP contribution in [0.2, 0.25) is 0 Å². The number of nitrogens with one attached hydrogen (secondary N) is 2. The molecule has 0 aliphatic carbocycles. The van der Waals surface area contributed by atoms with Crippen molar-refractivity contribution in [1.82, 2.24) is 14.9 Å². The summed E-state index contributed by atoms with van der Waals surface area (Å²) in [6.07, 6.45) is 3.49. The highest BCUT2D eigenvalue weighted by Gasteiger charge is 2.26. The number of nitrogens with zero attached hydrogens (tertiary/aromatic N) is 1. The monoisotopic (exact) mass is 445 g/mol. The Morgan fingerprint density at radius 2 is 2.04 bits per heavy atom. The molecule has 0 spiro atoms. The molecule has 2 N–H and O–H groups in total. The summed E-state index contributed by atoms with van der Waals surface area (Å²) in [5.74, 6) is 1.10. The number of ether oxygens (including phenoxy) is 1. The summed E-state index contributed by atoms with van der Waals surface area (Å²) in [6.45, 7) is 2.17. The third-order valence-corrected chi connectivity index (χ3v) is 6.71. The van der Waals surface area contributed by atoms with Crippen molar-refractivity contribution in [2.75, 3.05) is 32.5 Å². The molecule has 0 saturated carbocycles. The number of fused-ring (bicyclic) bond motifs is 1. The van der Waals surface area contributed by atoms with Crippen molar-refractivity contribution in [2.45, 2.75) is 25.3 Å². The molecule has 1 saturated heterocycles. The van der Waals surface area contributed by atoms with Gasteiger partial charge < -0.3 is 15.4 Å². The number of carbonyl (C=O) groups excluding carboxylic acids is 1. The van der Waals surface area contributed by atoms with Crippen molar-refractivity contribution >= 4 is 32.0 Å². The Kier molecular flexibility index (Phi) is 6.09. The zero-order valence-electron chi connectivity index (χ0n) is 14.7. The molecule has 0 radical (unpaired) electrons. The molecule has 3 rings (SSSR count). The number of urea groups is 1. The number of carbonyl (C=O) groups is 1. The third-order valence-electron chi connectivity index (χ3n) is 4.91.